The predicted octanol–water partition coefficient (Wildman–Crippen LogP) is 1.54. The van der Waals surface area contributed by atoms with Crippen molar-refractivity contribution >= 4 is 17.3 Å². The molecule has 0 aromatic heterocycles. The van der Waals surface area contributed by atoms with Crippen molar-refractivity contribution in [3.8, 4) is 0 Å². The Morgan fingerprint density at radius 2 is 2.07 bits per heavy atom. The smallest absolute Gasteiger partial charge is 0.180 e. The van der Waals surface area contributed by atoms with Crippen LogP contribution >= 0.6 is 12.2 Å². The Hall–Kier alpha value is -0.350. The Morgan fingerprint density at radius 1 is 1.40 bits per heavy atom. The van der Waals surface area contributed by atoms with Crippen LogP contribution in [0.25, 0.3) is 0 Å². The van der Waals surface area contributed by atoms with Gasteiger partial charge >= 0.3 is 0 Å². The number of hydrogen-bond donors (Lipinski definition) is 3. The van der Waals surface area contributed by atoms with Crippen LogP contribution in [0, 0.1) is 16.7 Å². The van der Waals surface area contributed by atoms with Crippen molar-refractivity contribution in [2.24, 2.45) is 22.6 Å². The molecule has 3 unspecified atom stereocenters. The van der Waals surface area contributed by atoms with E-state index in [1.165, 1.54) is 19.3 Å². The molecule has 0 radical (unpaired) electrons. The van der Waals surface area contributed by atoms with Crippen LogP contribution in [0.3, 0.4) is 0 Å². The SMILES string of the molecule is CC12CCC(C1)C(C)(C)C2NC(=S)NN. The Morgan fingerprint density at radius 3 is 2.53 bits per heavy atom. The molecule has 0 saturated heterocycles. The molecular formula is C11H21N3S. The summed E-state index contributed by atoms with van der Waals surface area (Å²) in [5.41, 5.74) is 3.25. The maximum absolute atomic E-state index is 5.33. The van der Waals surface area contributed by atoms with E-state index in [2.05, 4.69) is 31.5 Å². The number of hydrogen-bond acceptors (Lipinski definition) is 2. The van der Waals surface area contributed by atoms with Crippen molar-refractivity contribution in [1.29, 1.82) is 0 Å². The molecule has 86 valence electrons. The highest BCUT2D eigenvalue weighted by atomic mass is 32.1. The van der Waals surface area contributed by atoms with E-state index < -0.39 is 0 Å². The lowest BCUT2D eigenvalue weighted by Crippen LogP contribution is -2.55. The van der Waals surface area contributed by atoms with Crippen LogP contribution in [0.2, 0.25) is 0 Å². The third-order valence-corrected chi connectivity index (χ3v) is 4.91. The van der Waals surface area contributed by atoms with Crippen molar-refractivity contribution < 1.29 is 0 Å². The number of thiocarbonyl (C=S) groups is 1. The van der Waals surface area contributed by atoms with Gasteiger partial charge in [0.25, 0.3) is 0 Å². The minimum atomic E-state index is 0.327. The van der Waals surface area contributed by atoms with E-state index in [0.717, 1.165) is 5.92 Å². The minimum Gasteiger partial charge on any atom is -0.358 e. The summed E-state index contributed by atoms with van der Waals surface area (Å²) >= 11 is 5.11. The molecule has 0 aromatic rings. The lowest BCUT2D eigenvalue weighted by atomic mass is 9.68. The molecule has 0 spiro atoms. The monoisotopic (exact) mass is 227 g/mol. The Labute approximate surface area is 97.1 Å². The number of nitrogens with one attached hydrogen (secondary N) is 2. The van der Waals surface area contributed by atoms with E-state index in [-0.39, 0.29) is 0 Å². The highest BCUT2D eigenvalue weighted by Gasteiger charge is 2.59. The number of hydrazine groups is 1. The van der Waals surface area contributed by atoms with Gasteiger partial charge in [-0.25, -0.2) is 5.84 Å². The first-order valence-corrected chi connectivity index (χ1v) is 6.08. The Kier molecular flexibility index (Phi) is 2.47. The zero-order chi connectivity index (χ0) is 11.3. The molecule has 4 N–H and O–H groups in total. The summed E-state index contributed by atoms with van der Waals surface area (Å²) < 4.78 is 0. The number of rotatable bonds is 1. The Balaban J connectivity index is 2.19. The summed E-state index contributed by atoms with van der Waals surface area (Å²) in [4.78, 5) is 0. The molecule has 2 fully saturated rings. The van der Waals surface area contributed by atoms with Crippen LogP contribution in [-0.2, 0) is 0 Å². The van der Waals surface area contributed by atoms with Crippen LogP contribution in [0.5, 0.6) is 0 Å². The van der Waals surface area contributed by atoms with E-state index in [1.807, 2.05) is 0 Å². The van der Waals surface area contributed by atoms with E-state index in [0.29, 0.717) is 22.0 Å². The number of nitrogens with two attached hydrogens (primary N) is 1. The average molecular weight is 227 g/mol. The summed E-state index contributed by atoms with van der Waals surface area (Å²) in [5, 5.41) is 3.96. The third kappa shape index (κ3) is 1.54. The van der Waals surface area contributed by atoms with Crippen molar-refractivity contribution in [2.75, 3.05) is 0 Å². The zero-order valence-corrected chi connectivity index (χ0v) is 10.6. The first kappa shape index (κ1) is 11.1. The molecule has 2 aliphatic carbocycles. The Bertz CT molecular complexity index is 285. The first-order valence-electron chi connectivity index (χ1n) is 5.67. The van der Waals surface area contributed by atoms with Crippen molar-refractivity contribution in [3.05, 3.63) is 0 Å². The second-order valence-electron chi connectivity index (χ2n) is 5.97. The van der Waals surface area contributed by atoms with Gasteiger partial charge in [0.15, 0.2) is 5.11 Å². The van der Waals surface area contributed by atoms with Gasteiger partial charge in [0.05, 0.1) is 0 Å². The van der Waals surface area contributed by atoms with E-state index >= 15 is 0 Å². The molecule has 0 amide bonds. The molecule has 2 aliphatic rings. The number of fused-ring (bicyclic) bond motifs is 2. The third-order valence-electron chi connectivity index (χ3n) is 4.68. The molecule has 15 heavy (non-hydrogen) atoms. The fraction of sp³-hybridized carbons (Fsp3) is 0.909. The quantitative estimate of drug-likeness (QED) is 0.361. The predicted molar refractivity (Wildman–Crippen MR) is 66.1 cm³/mol. The van der Waals surface area contributed by atoms with E-state index in [9.17, 15) is 0 Å². The second-order valence-corrected chi connectivity index (χ2v) is 6.37. The second kappa shape index (κ2) is 3.32. The van der Waals surface area contributed by atoms with Crippen LogP contribution in [-0.4, -0.2) is 11.2 Å². The molecule has 3 atom stereocenters. The summed E-state index contributed by atoms with van der Waals surface area (Å²) in [6.45, 7) is 7.07. The lowest BCUT2D eigenvalue weighted by Gasteiger charge is -2.43. The summed E-state index contributed by atoms with van der Waals surface area (Å²) in [7, 11) is 0. The van der Waals surface area contributed by atoms with Crippen molar-refractivity contribution in [2.45, 2.75) is 46.1 Å². The van der Waals surface area contributed by atoms with Gasteiger partial charge < -0.3 is 10.7 Å². The van der Waals surface area contributed by atoms with Crippen molar-refractivity contribution in [1.82, 2.24) is 10.7 Å². The van der Waals surface area contributed by atoms with Gasteiger partial charge in [-0.15, -0.1) is 0 Å². The van der Waals surface area contributed by atoms with E-state index in [4.69, 9.17) is 18.1 Å². The van der Waals surface area contributed by atoms with Gasteiger partial charge in [0, 0.05) is 6.04 Å². The van der Waals surface area contributed by atoms with Gasteiger partial charge in [0.1, 0.15) is 0 Å². The first-order chi connectivity index (χ1) is 6.90. The van der Waals surface area contributed by atoms with Crippen LogP contribution in [0.1, 0.15) is 40.0 Å². The largest absolute Gasteiger partial charge is 0.358 e. The molecule has 2 rings (SSSR count). The zero-order valence-electron chi connectivity index (χ0n) is 9.76. The molecule has 0 aliphatic heterocycles. The van der Waals surface area contributed by atoms with Crippen molar-refractivity contribution in [3.63, 3.8) is 0 Å². The molecule has 2 bridgehead atoms. The van der Waals surface area contributed by atoms with Gasteiger partial charge in [0.2, 0.25) is 0 Å². The average Bonchev–Trinajstić information content (AvgIpc) is 2.63. The highest BCUT2D eigenvalue weighted by molar-refractivity contribution is 7.80. The summed E-state index contributed by atoms with van der Waals surface area (Å²) in [6.07, 6.45) is 4.00. The molecular weight excluding hydrogens is 206 g/mol. The molecule has 0 aromatic carbocycles. The topological polar surface area (TPSA) is 50.1 Å². The summed E-state index contributed by atoms with van der Waals surface area (Å²) in [6, 6.07) is 0.451. The molecule has 2 saturated carbocycles. The van der Waals surface area contributed by atoms with Gasteiger partial charge in [-0.2, -0.15) is 0 Å². The maximum atomic E-state index is 5.33. The summed E-state index contributed by atoms with van der Waals surface area (Å²) in [5.74, 6) is 6.16. The van der Waals surface area contributed by atoms with Gasteiger partial charge in [-0.3, -0.25) is 0 Å². The fourth-order valence-corrected chi connectivity index (χ4v) is 3.95. The fourth-order valence-electron chi connectivity index (χ4n) is 3.84. The molecule has 3 nitrogen and oxygen atoms in total. The van der Waals surface area contributed by atoms with Gasteiger partial charge in [-0.1, -0.05) is 20.8 Å². The molecule has 4 heteroatoms. The minimum absolute atomic E-state index is 0.327. The molecule has 0 heterocycles. The highest BCUT2D eigenvalue weighted by Crippen LogP contribution is 2.62. The lowest BCUT2D eigenvalue weighted by molar-refractivity contribution is 0.125. The van der Waals surface area contributed by atoms with Crippen LogP contribution < -0.4 is 16.6 Å². The standard InChI is InChI=1S/C11H21N3S/c1-10(2)7-4-5-11(3,6-7)8(10)13-9(15)14-12/h7-8H,4-6,12H2,1-3H3,(H2,13,14,15). The van der Waals surface area contributed by atoms with E-state index in [1.54, 1.807) is 0 Å². The van der Waals surface area contributed by atoms with Crippen LogP contribution in [0.4, 0.5) is 0 Å². The van der Waals surface area contributed by atoms with Gasteiger partial charge in [-0.05, 0) is 48.2 Å². The normalized spacial score (nSPS) is 41.6. The maximum Gasteiger partial charge on any atom is 0.180 e. The van der Waals surface area contributed by atoms with Crippen LogP contribution in [0.15, 0.2) is 0 Å².